The highest BCUT2D eigenvalue weighted by Crippen LogP contribution is 2.40. The van der Waals surface area contributed by atoms with Crippen molar-refractivity contribution in [1.29, 1.82) is 0 Å². The fourth-order valence-corrected chi connectivity index (χ4v) is 4.04. The van der Waals surface area contributed by atoms with E-state index in [-0.39, 0.29) is 17.6 Å². The van der Waals surface area contributed by atoms with Crippen LogP contribution in [0.4, 0.5) is 4.39 Å². The number of rotatable bonds is 3. The molecule has 0 unspecified atom stereocenters. The first-order chi connectivity index (χ1) is 10.2. The van der Waals surface area contributed by atoms with Gasteiger partial charge in [-0.25, -0.2) is 4.39 Å². The van der Waals surface area contributed by atoms with Crippen LogP contribution in [0.2, 0.25) is 0 Å². The van der Waals surface area contributed by atoms with Crippen molar-refractivity contribution in [2.45, 2.75) is 6.04 Å². The summed E-state index contributed by atoms with van der Waals surface area (Å²) in [6.07, 6.45) is 0. The standard InChI is InChI=1S/C15H16BrFN2OS/c16-12-9-10(17)8-11(15(12)20)14(13-2-1-7-21-13)19-5-3-18-4-6-19/h1-2,7-9,14,18,20H,3-6H2/t14-/m0/s1. The van der Waals surface area contributed by atoms with E-state index in [0.29, 0.717) is 10.0 Å². The molecule has 112 valence electrons. The average molecular weight is 371 g/mol. The monoisotopic (exact) mass is 370 g/mol. The number of halogens is 2. The number of nitrogens with one attached hydrogen (secondary N) is 1. The van der Waals surface area contributed by atoms with Crippen LogP contribution in [-0.2, 0) is 0 Å². The number of thiophene rings is 1. The van der Waals surface area contributed by atoms with Crippen molar-refractivity contribution in [3.63, 3.8) is 0 Å². The molecule has 0 bridgehead atoms. The highest BCUT2D eigenvalue weighted by atomic mass is 79.9. The van der Waals surface area contributed by atoms with Crippen LogP contribution in [0.1, 0.15) is 16.5 Å². The summed E-state index contributed by atoms with van der Waals surface area (Å²) in [5.41, 5.74) is 0.617. The number of phenolic OH excluding ortho intramolecular Hbond substituents is 1. The molecule has 1 aromatic carbocycles. The summed E-state index contributed by atoms with van der Waals surface area (Å²) >= 11 is 4.86. The lowest BCUT2D eigenvalue weighted by Crippen LogP contribution is -2.45. The van der Waals surface area contributed by atoms with Gasteiger partial charge in [0.05, 0.1) is 10.5 Å². The Hall–Kier alpha value is -0.950. The van der Waals surface area contributed by atoms with Gasteiger partial charge in [0.25, 0.3) is 0 Å². The fourth-order valence-electron chi connectivity index (χ4n) is 2.71. The molecule has 0 saturated carbocycles. The van der Waals surface area contributed by atoms with Crippen LogP contribution in [0.15, 0.2) is 34.1 Å². The second-order valence-corrected chi connectivity index (χ2v) is 6.86. The quantitative estimate of drug-likeness (QED) is 0.869. The van der Waals surface area contributed by atoms with Crippen LogP contribution in [0.5, 0.6) is 5.75 Å². The summed E-state index contributed by atoms with van der Waals surface area (Å²) in [5, 5.41) is 15.7. The predicted molar refractivity (Wildman–Crippen MR) is 86.4 cm³/mol. The summed E-state index contributed by atoms with van der Waals surface area (Å²) in [6, 6.07) is 6.64. The SMILES string of the molecule is Oc1c(Br)cc(F)cc1[C@@H](c1cccs1)N1CCNCC1. The maximum absolute atomic E-state index is 13.8. The van der Waals surface area contributed by atoms with Crippen LogP contribution in [0.25, 0.3) is 0 Å². The van der Waals surface area contributed by atoms with Gasteiger partial charge in [-0.05, 0) is 39.5 Å². The Morgan fingerprint density at radius 3 is 2.76 bits per heavy atom. The molecule has 21 heavy (non-hydrogen) atoms. The van der Waals surface area contributed by atoms with Crippen molar-refractivity contribution in [3.8, 4) is 5.75 Å². The number of benzene rings is 1. The maximum atomic E-state index is 13.8. The molecule has 2 N–H and O–H groups in total. The minimum absolute atomic E-state index is 0.112. The predicted octanol–water partition coefficient (Wildman–Crippen LogP) is 3.35. The zero-order chi connectivity index (χ0) is 14.8. The van der Waals surface area contributed by atoms with E-state index in [9.17, 15) is 9.50 Å². The first-order valence-corrected chi connectivity index (χ1v) is 8.50. The zero-order valence-electron chi connectivity index (χ0n) is 11.4. The van der Waals surface area contributed by atoms with Crippen LogP contribution in [0, 0.1) is 5.82 Å². The lowest BCUT2D eigenvalue weighted by atomic mass is 10.0. The van der Waals surface area contributed by atoms with Gasteiger partial charge in [0, 0.05) is 36.6 Å². The lowest BCUT2D eigenvalue weighted by molar-refractivity contribution is 0.197. The number of aromatic hydroxyl groups is 1. The molecule has 6 heteroatoms. The molecule has 0 amide bonds. The molecule has 1 aromatic heterocycles. The number of nitrogens with zero attached hydrogens (tertiary/aromatic N) is 1. The summed E-state index contributed by atoms with van der Waals surface area (Å²) in [4.78, 5) is 3.40. The molecule has 0 radical (unpaired) electrons. The van der Waals surface area contributed by atoms with Crippen molar-refractivity contribution in [2.75, 3.05) is 26.2 Å². The molecule has 2 aromatic rings. The van der Waals surface area contributed by atoms with Gasteiger partial charge in [-0.1, -0.05) is 6.07 Å². The van der Waals surface area contributed by atoms with Gasteiger partial charge in [0.2, 0.25) is 0 Å². The van der Waals surface area contributed by atoms with Crippen LogP contribution >= 0.6 is 27.3 Å². The molecule has 3 rings (SSSR count). The van der Waals surface area contributed by atoms with Gasteiger partial charge in [0.15, 0.2) is 0 Å². The van der Waals surface area contributed by atoms with Crippen LogP contribution in [-0.4, -0.2) is 36.2 Å². The van der Waals surface area contributed by atoms with Gasteiger partial charge >= 0.3 is 0 Å². The Labute approximate surface area is 135 Å². The van der Waals surface area contributed by atoms with Crippen molar-refractivity contribution in [1.82, 2.24) is 10.2 Å². The number of hydrogen-bond donors (Lipinski definition) is 2. The molecule has 1 aliphatic heterocycles. The molecule has 1 fully saturated rings. The normalized spacial score (nSPS) is 17.8. The van der Waals surface area contributed by atoms with E-state index in [2.05, 4.69) is 26.1 Å². The van der Waals surface area contributed by atoms with Crippen molar-refractivity contribution in [2.24, 2.45) is 0 Å². The highest BCUT2D eigenvalue weighted by Gasteiger charge is 2.28. The lowest BCUT2D eigenvalue weighted by Gasteiger charge is -2.35. The van der Waals surface area contributed by atoms with Gasteiger partial charge in [0.1, 0.15) is 11.6 Å². The molecular weight excluding hydrogens is 355 g/mol. The minimum Gasteiger partial charge on any atom is -0.506 e. The molecule has 2 heterocycles. The number of phenols is 1. The van der Waals surface area contributed by atoms with E-state index in [1.165, 1.54) is 12.1 Å². The molecule has 0 aliphatic carbocycles. The molecule has 3 nitrogen and oxygen atoms in total. The average Bonchev–Trinajstić information content (AvgIpc) is 2.99. The first-order valence-electron chi connectivity index (χ1n) is 6.83. The Balaban J connectivity index is 2.07. The third-order valence-electron chi connectivity index (χ3n) is 3.68. The Morgan fingerprint density at radius 2 is 2.10 bits per heavy atom. The third kappa shape index (κ3) is 3.13. The third-order valence-corrected chi connectivity index (χ3v) is 5.21. The van der Waals surface area contributed by atoms with E-state index >= 15 is 0 Å². The van der Waals surface area contributed by atoms with Crippen LogP contribution in [0.3, 0.4) is 0 Å². The molecule has 1 aliphatic rings. The van der Waals surface area contributed by atoms with Crippen molar-refractivity contribution >= 4 is 27.3 Å². The molecule has 1 saturated heterocycles. The molecule has 1 atom stereocenters. The maximum Gasteiger partial charge on any atom is 0.135 e. The van der Waals surface area contributed by atoms with Gasteiger partial charge in [-0.2, -0.15) is 0 Å². The Kier molecular flexibility index (Phi) is 4.59. The van der Waals surface area contributed by atoms with Crippen LogP contribution < -0.4 is 5.32 Å². The van der Waals surface area contributed by atoms with Crippen molar-refractivity contribution in [3.05, 3.63) is 50.4 Å². The van der Waals surface area contributed by atoms with Gasteiger partial charge in [-0.15, -0.1) is 11.3 Å². The van der Waals surface area contributed by atoms with E-state index in [0.717, 1.165) is 31.1 Å². The number of piperazine rings is 1. The smallest absolute Gasteiger partial charge is 0.135 e. The molecular formula is C15H16BrFN2OS. The summed E-state index contributed by atoms with van der Waals surface area (Å²) in [6.45, 7) is 3.55. The number of hydrogen-bond acceptors (Lipinski definition) is 4. The van der Waals surface area contributed by atoms with E-state index in [1.807, 2.05) is 17.5 Å². The summed E-state index contributed by atoms with van der Waals surface area (Å²) in [7, 11) is 0. The largest absolute Gasteiger partial charge is 0.506 e. The second-order valence-electron chi connectivity index (χ2n) is 5.03. The van der Waals surface area contributed by atoms with E-state index < -0.39 is 0 Å². The topological polar surface area (TPSA) is 35.5 Å². The van der Waals surface area contributed by atoms with Crippen molar-refractivity contribution < 1.29 is 9.50 Å². The Morgan fingerprint density at radius 1 is 1.33 bits per heavy atom. The van der Waals surface area contributed by atoms with E-state index in [1.54, 1.807) is 11.3 Å². The molecule has 0 spiro atoms. The highest BCUT2D eigenvalue weighted by molar-refractivity contribution is 9.10. The fraction of sp³-hybridized carbons (Fsp3) is 0.333. The Bertz CT molecular complexity index is 614. The summed E-state index contributed by atoms with van der Waals surface area (Å²) in [5.74, 6) is -0.223. The van der Waals surface area contributed by atoms with Gasteiger partial charge in [-0.3, -0.25) is 4.90 Å². The minimum atomic E-state index is -0.341. The first kappa shape index (κ1) is 15.0. The van der Waals surface area contributed by atoms with Gasteiger partial charge < -0.3 is 10.4 Å². The van der Waals surface area contributed by atoms with E-state index in [4.69, 9.17) is 0 Å². The zero-order valence-corrected chi connectivity index (χ0v) is 13.8. The second kappa shape index (κ2) is 6.44. The summed E-state index contributed by atoms with van der Waals surface area (Å²) < 4.78 is 14.2.